The van der Waals surface area contributed by atoms with Gasteiger partial charge in [0.15, 0.2) is 0 Å². The molecule has 1 aliphatic carbocycles. The Morgan fingerprint density at radius 1 is 1.47 bits per heavy atom. The minimum Gasteiger partial charge on any atom is -0.389 e. The van der Waals surface area contributed by atoms with Gasteiger partial charge in [0.2, 0.25) is 0 Å². The molecule has 3 nitrogen and oxygen atoms in total. The number of methoxy groups -OCH3 is 1. The largest absolute Gasteiger partial charge is 0.389 e. The summed E-state index contributed by atoms with van der Waals surface area (Å²) in [6, 6.07) is 6.50. The Balaban J connectivity index is 2.21. The molecule has 4 heteroatoms. The van der Waals surface area contributed by atoms with Gasteiger partial charge in [-0.15, -0.1) is 0 Å². The summed E-state index contributed by atoms with van der Waals surface area (Å²) >= 11 is 5.12. The van der Waals surface area contributed by atoms with E-state index in [0.717, 1.165) is 17.7 Å². The Morgan fingerprint density at radius 2 is 2.16 bits per heavy atom. The van der Waals surface area contributed by atoms with E-state index in [4.69, 9.17) is 22.7 Å². The summed E-state index contributed by atoms with van der Waals surface area (Å²) < 4.78 is 5.48. The molecule has 0 radical (unpaired) electrons. The minimum atomic E-state index is 0.117. The summed E-state index contributed by atoms with van der Waals surface area (Å²) in [6.45, 7) is 6.51. The molecule has 2 unspecified atom stereocenters. The first-order valence-corrected chi connectivity index (χ1v) is 6.97. The van der Waals surface area contributed by atoms with E-state index in [2.05, 4.69) is 32.2 Å². The Kier molecular flexibility index (Phi) is 3.83. The van der Waals surface area contributed by atoms with Gasteiger partial charge in [0.05, 0.1) is 6.10 Å². The van der Waals surface area contributed by atoms with Crippen LogP contribution in [0.4, 0.5) is 5.69 Å². The molecule has 0 saturated heterocycles. The van der Waals surface area contributed by atoms with Crippen LogP contribution in [0.3, 0.4) is 0 Å². The third kappa shape index (κ3) is 2.60. The number of rotatable bonds is 4. The lowest BCUT2D eigenvalue weighted by Crippen LogP contribution is -2.57. The second-order valence-corrected chi connectivity index (χ2v) is 6.33. The number of thiocarbonyl (C=S) groups is 1. The molecule has 0 aliphatic heterocycles. The van der Waals surface area contributed by atoms with Gasteiger partial charge in [-0.05, 0) is 31.0 Å². The third-order valence-electron chi connectivity index (χ3n) is 4.23. The van der Waals surface area contributed by atoms with Crippen LogP contribution in [0.15, 0.2) is 18.2 Å². The average Bonchev–Trinajstić information content (AvgIpc) is 2.33. The van der Waals surface area contributed by atoms with Crippen molar-refractivity contribution in [3.05, 3.63) is 29.3 Å². The summed E-state index contributed by atoms with van der Waals surface area (Å²) in [6.07, 6.45) is 1.32. The molecule has 3 N–H and O–H groups in total. The van der Waals surface area contributed by atoms with Crippen molar-refractivity contribution in [2.75, 3.05) is 12.4 Å². The van der Waals surface area contributed by atoms with Crippen molar-refractivity contribution in [1.29, 1.82) is 0 Å². The molecule has 1 fully saturated rings. The Labute approximate surface area is 120 Å². The fourth-order valence-electron chi connectivity index (χ4n) is 2.71. The molecule has 1 saturated carbocycles. The SMILES string of the molecule is COC1CC(Nc2cc(C)ccc2C(N)=S)C1(C)C. The summed E-state index contributed by atoms with van der Waals surface area (Å²) in [5, 5.41) is 3.58. The second-order valence-electron chi connectivity index (χ2n) is 5.89. The quantitative estimate of drug-likeness (QED) is 0.831. The second kappa shape index (κ2) is 5.10. The molecule has 1 aromatic carbocycles. The van der Waals surface area contributed by atoms with E-state index in [0.29, 0.717) is 17.1 Å². The van der Waals surface area contributed by atoms with E-state index in [-0.39, 0.29) is 5.41 Å². The lowest BCUT2D eigenvalue weighted by Gasteiger charge is -2.51. The van der Waals surface area contributed by atoms with Gasteiger partial charge in [-0.25, -0.2) is 0 Å². The molecule has 104 valence electrons. The van der Waals surface area contributed by atoms with Crippen LogP contribution in [0.1, 0.15) is 31.4 Å². The molecule has 1 aromatic rings. The zero-order valence-electron chi connectivity index (χ0n) is 12.0. The number of hydrogen-bond donors (Lipinski definition) is 2. The van der Waals surface area contributed by atoms with Gasteiger partial charge in [-0.1, -0.05) is 32.1 Å². The van der Waals surface area contributed by atoms with Crippen molar-refractivity contribution < 1.29 is 4.74 Å². The van der Waals surface area contributed by atoms with Crippen LogP contribution in [0.25, 0.3) is 0 Å². The molecule has 1 aliphatic rings. The maximum atomic E-state index is 5.79. The molecule has 19 heavy (non-hydrogen) atoms. The van der Waals surface area contributed by atoms with Crippen LogP contribution in [0.5, 0.6) is 0 Å². The van der Waals surface area contributed by atoms with Gasteiger partial charge < -0.3 is 15.8 Å². The van der Waals surface area contributed by atoms with E-state index in [1.807, 2.05) is 12.1 Å². The number of benzene rings is 1. The monoisotopic (exact) mass is 278 g/mol. The summed E-state index contributed by atoms with van der Waals surface area (Å²) in [5.74, 6) is 0. The van der Waals surface area contributed by atoms with Gasteiger partial charge >= 0.3 is 0 Å². The summed E-state index contributed by atoms with van der Waals surface area (Å²) in [7, 11) is 1.77. The molecule has 2 rings (SSSR count). The Bertz CT molecular complexity index is 499. The van der Waals surface area contributed by atoms with Crippen molar-refractivity contribution in [3.63, 3.8) is 0 Å². The molecule has 0 heterocycles. The lowest BCUT2D eigenvalue weighted by atomic mass is 9.64. The highest BCUT2D eigenvalue weighted by molar-refractivity contribution is 7.80. The van der Waals surface area contributed by atoms with Gasteiger partial charge in [0, 0.05) is 29.8 Å². The smallest absolute Gasteiger partial charge is 0.106 e. The van der Waals surface area contributed by atoms with Gasteiger partial charge in [-0.2, -0.15) is 0 Å². The van der Waals surface area contributed by atoms with Crippen molar-refractivity contribution in [2.45, 2.75) is 39.3 Å². The van der Waals surface area contributed by atoms with E-state index in [9.17, 15) is 0 Å². The Morgan fingerprint density at radius 3 is 2.68 bits per heavy atom. The number of hydrogen-bond acceptors (Lipinski definition) is 3. The molecular formula is C15H22N2OS. The van der Waals surface area contributed by atoms with Crippen molar-refractivity contribution in [1.82, 2.24) is 0 Å². The lowest BCUT2D eigenvalue weighted by molar-refractivity contribution is -0.0794. The predicted octanol–water partition coefficient (Wildman–Crippen LogP) is 2.85. The molecule has 0 amide bonds. The van der Waals surface area contributed by atoms with Gasteiger partial charge in [0.25, 0.3) is 0 Å². The number of nitrogens with one attached hydrogen (secondary N) is 1. The molecule has 0 aromatic heterocycles. The van der Waals surface area contributed by atoms with Crippen LogP contribution in [0, 0.1) is 12.3 Å². The molecule has 0 spiro atoms. The number of nitrogens with two attached hydrogens (primary N) is 1. The highest BCUT2D eigenvalue weighted by Crippen LogP contribution is 2.44. The fraction of sp³-hybridized carbons (Fsp3) is 0.533. The average molecular weight is 278 g/mol. The van der Waals surface area contributed by atoms with Crippen LogP contribution in [0.2, 0.25) is 0 Å². The van der Waals surface area contributed by atoms with Crippen molar-refractivity contribution >= 4 is 22.9 Å². The molecule has 0 bridgehead atoms. The normalized spacial score (nSPS) is 24.6. The van der Waals surface area contributed by atoms with Crippen molar-refractivity contribution in [3.8, 4) is 0 Å². The maximum absolute atomic E-state index is 5.79. The standard InChI is InChI=1S/C15H22N2OS/c1-9-5-6-10(14(16)19)11(7-9)17-12-8-13(18-4)15(12,2)3/h5-7,12-13,17H,8H2,1-4H3,(H2,16,19). The van der Waals surface area contributed by atoms with Gasteiger partial charge in [-0.3, -0.25) is 0 Å². The fourth-order valence-corrected chi connectivity index (χ4v) is 2.89. The highest BCUT2D eigenvalue weighted by Gasteiger charge is 2.48. The van der Waals surface area contributed by atoms with Crippen LogP contribution in [-0.2, 0) is 4.74 Å². The predicted molar refractivity (Wildman–Crippen MR) is 83.7 cm³/mol. The third-order valence-corrected chi connectivity index (χ3v) is 4.45. The number of aryl methyl sites for hydroxylation is 1. The first kappa shape index (κ1) is 14.3. The van der Waals surface area contributed by atoms with Crippen molar-refractivity contribution in [2.24, 2.45) is 11.1 Å². The van der Waals surface area contributed by atoms with Crippen LogP contribution in [-0.4, -0.2) is 24.2 Å². The minimum absolute atomic E-state index is 0.117. The van der Waals surface area contributed by atoms with Crippen LogP contribution < -0.4 is 11.1 Å². The zero-order chi connectivity index (χ0) is 14.2. The van der Waals surface area contributed by atoms with E-state index in [1.165, 1.54) is 5.56 Å². The summed E-state index contributed by atoms with van der Waals surface area (Å²) in [5.41, 5.74) is 9.04. The highest BCUT2D eigenvalue weighted by atomic mass is 32.1. The summed E-state index contributed by atoms with van der Waals surface area (Å²) in [4.78, 5) is 0.433. The van der Waals surface area contributed by atoms with E-state index < -0.39 is 0 Å². The first-order valence-electron chi connectivity index (χ1n) is 6.56. The van der Waals surface area contributed by atoms with E-state index >= 15 is 0 Å². The van der Waals surface area contributed by atoms with Crippen LogP contribution >= 0.6 is 12.2 Å². The number of ether oxygens (including phenoxy) is 1. The Hall–Kier alpha value is -1.13. The zero-order valence-corrected chi connectivity index (χ0v) is 12.8. The maximum Gasteiger partial charge on any atom is 0.106 e. The molecular weight excluding hydrogens is 256 g/mol. The molecule has 2 atom stereocenters. The van der Waals surface area contributed by atoms with E-state index in [1.54, 1.807) is 7.11 Å². The number of anilines is 1. The topological polar surface area (TPSA) is 47.3 Å². The van der Waals surface area contributed by atoms with Gasteiger partial charge in [0.1, 0.15) is 4.99 Å². The first-order chi connectivity index (χ1) is 8.86.